The number of rotatable bonds is 13. The van der Waals surface area contributed by atoms with Crippen molar-refractivity contribution in [1.82, 2.24) is 16.0 Å². The maximum absolute atomic E-state index is 12.7. The Kier molecular flexibility index (Phi) is 12.1. The summed E-state index contributed by atoms with van der Waals surface area (Å²) in [5.41, 5.74) is 2.03. The zero-order chi connectivity index (χ0) is 27.2. The van der Waals surface area contributed by atoms with E-state index in [0.29, 0.717) is 13.2 Å². The summed E-state index contributed by atoms with van der Waals surface area (Å²) in [4.78, 5) is 37.3. The third kappa shape index (κ3) is 10.5. The van der Waals surface area contributed by atoms with E-state index < -0.39 is 24.1 Å². The average Bonchev–Trinajstić information content (AvgIpc) is 2.94. The van der Waals surface area contributed by atoms with E-state index in [1.807, 2.05) is 48.5 Å². The number of aryl methyl sites for hydroxylation is 1. The van der Waals surface area contributed by atoms with Gasteiger partial charge < -0.3 is 30.2 Å². The van der Waals surface area contributed by atoms with Gasteiger partial charge in [-0.2, -0.15) is 0 Å². The van der Waals surface area contributed by atoms with E-state index in [1.165, 1.54) is 12.5 Å². The van der Waals surface area contributed by atoms with Gasteiger partial charge in [-0.1, -0.05) is 60.7 Å². The fourth-order valence-electron chi connectivity index (χ4n) is 4.00. The van der Waals surface area contributed by atoms with E-state index in [9.17, 15) is 14.4 Å². The minimum absolute atomic E-state index is 0.0965. The first-order chi connectivity index (χ1) is 18.4. The molecule has 0 radical (unpaired) electrons. The molecule has 0 bridgehead atoms. The predicted molar refractivity (Wildman–Crippen MR) is 143 cm³/mol. The highest BCUT2D eigenvalue weighted by Gasteiger charge is 2.24. The van der Waals surface area contributed by atoms with Gasteiger partial charge in [0.1, 0.15) is 18.7 Å². The second kappa shape index (κ2) is 15.7. The van der Waals surface area contributed by atoms with Crippen molar-refractivity contribution < 1.29 is 28.6 Å². The van der Waals surface area contributed by atoms with Crippen molar-refractivity contribution in [3.05, 3.63) is 71.8 Å². The van der Waals surface area contributed by atoms with Crippen LogP contribution < -0.4 is 16.0 Å². The SMILES string of the molecule is C[C@H](NC(=O)OCc1ccccc1)C(=O)N[C@@H](C)C(=O)NCC(CCc1ccccc1)OC1CCCCO1. The number of carbonyl (C=O) groups is 3. The van der Waals surface area contributed by atoms with Crippen LogP contribution in [0.1, 0.15) is 50.7 Å². The molecule has 1 heterocycles. The van der Waals surface area contributed by atoms with Crippen molar-refractivity contribution in [1.29, 1.82) is 0 Å². The summed E-state index contributed by atoms with van der Waals surface area (Å²) < 4.78 is 17.1. The first-order valence-corrected chi connectivity index (χ1v) is 13.3. The van der Waals surface area contributed by atoms with Gasteiger partial charge in [0.15, 0.2) is 6.29 Å². The van der Waals surface area contributed by atoms with Gasteiger partial charge in [-0.25, -0.2) is 4.79 Å². The highest BCUT2D eigenvalue weighted by molar-refractivity contribution is 5.90. The van der Waals surface area contributed by atoms with E-state index in [4.69, 9.17) is 14.2 Å². The van der Waals surface area contributed by atoms with Gasteiger partial charge in [-0.15, -0.1) is 0 Å². The van der Waals surface area contributed by atoms with E-state index in [0.717, 1.165) is 37.7 Å². The third-order valence-corrected chi connectivity index (χ3v) is 6.28. The molecule has 2 aromatic rings. The molecular formula is C29H39N3O6. The lowest BCUT2D eigenvalue weighted by Crippen LogP contribution is -2.52. The molecular weight excluding hydrogens is 486 g/mol. The Labute approximate surface area is 224 Å². The van der Waals surface area contributed by atoms with Crippen LogP contribution in [0.3, 0.4) is 0 Å². The summed E-state index contributed by atoms with van der Waals surface area (Å²) in [6.07, 6.45) is 3.23. The Hall–Kier alpha value is -3.43. The molecule has 206 valence electrons. The zero-order valence-corrected chi connectivity index (χ0v) is 22.2. The number of hydrogen-bond donors (Lipinski definition) is 3. The number of ether oxygens (including phenoxy) is 3. The van der Waals surface area contributed by atoms with Gasteiger partial charge >= 0.3 is 6.09 Å². The molecule has 0 spiro atoms. The third-order valence-electron chi connectivity index (χ3n) is 6.28. The average molecular weight is 526 g/mol. The summed E-state index contributed by atoms with van der Waals surface area (Å²) in [5, 5.41) is 8.00. The van der Waals surface area contributed by atoms with Gasteiger partial charge in [-0.05, 0) is 57.1 Å². The Morgan fingerprint density at radius 2 is 1.55 bits per heavy atom. The number of benzene rings is 2. The van der Waals surface area contributed by atoms with Gasteiger partial charge in [0, 0.05) is 13.2 Å². The Balaban J connectivity index is 1.42. The molecule has 9 heteroatoms. The molecule has 4 atom stereocenters. The smallest absolute Gasteiger partial charge is 0.408 e. The van der Waals surface area contributed by atoms with E-state index in [1.54, 1.807) is 6.92 Å². The normalized spacial score (nSPS) is 17.5. The monoisotopic (exact) mass is 525 g/mol. The molecule has 1 aliphatic heterocycles. The maximum atomic E-state index is 12.7. The lowest BCUT2D eigenvalue weighted by atomic mass is 10.1. The summed E-state index contributed by atoms with van der Waals surface area (Å²) in [6, 6.07) is 17.7. The van der Waals surface area contributed by atoms with Crippen LogP contribution >= 0.6 is 0 Å². The van der Waals surface area contributed by atoms with Crippen LogP contribution in [-0.4, -0.2) is 55.5 Å². The number of hydrogen-bond acceptors (Lipinski definition) is 6. The molecule has 1 saturated heterocycles. The lowest BCUT2D eigenvalue weighted by molar-refractivity contribution is -0.188. The van der Waals surface area contributed by atoms with Gasteiger partial charge in [0.25, 0.3) is 0 Å². The highest BCUT2D eigenvalue weighted by atomic mass is 16.7. The number of nitrogens with one attached hydrogen (secondary N) is 3. The summed E-state index contributed by atoms with van der Waals surface area (Å²) in [7, 11) is 0. The first kappa shape index (κ1) is 29.1. The van der Waals surface area contributed by atoms with Crippen molar-refractivity contribution in [3.8, 4) is 0 Å². The minimum atomic E-state index is -0.876. The molecule has 3 rings (SSSR count). The Bertz CT molecular complexity index is 998. The van der Waals surface area contributed by atoms with Gasteiger partial charge in [0.2, 0.25) is 11.8 Å². The maximum Gasteiger partial charge on any atom is 0.408 e. The molecule has 9 nitrogen and oxygen atoms in total. The molecule has 0 saturated carbocycles. The molecule has 0 aliphatic carbocycles. The second-order valence-corrected chi connectivity index (χ2v) is 9.48. The summed E-state index contributed by atoms with van der Waals surface area (Å²) in [6.45, 7) is 4.20. The molecule has 0 aromatic heterocycles. The molecule has 1 fully saturated rings. The van der Waals surface area contributed by atoms with E-state index in [2.05, 4.69) is 28.1 Å². The number of amides is 3. The van der Waals surface area contributed by atoms with Crippen LogP contribution in [-0.2, 0) is 36.8 Å². The van der Waals surface area contributed by atoms with Crippen molar-refractivity contribution >= 4 is 17.9 Å². The fourth-order valence-corrected chi connectivity index (χ4v) is 4.00. The van der Waals surface area contributed by atoms with Crippen LogP contribution in [0, 0.1) is 0 Å². The summed E-state index contributed by atoms with van der Waals surface area (Å²) in [5.74, 6) is -0.827. The number of carbonyl (C=O) groups excluding carboxylic acids is 3. The van der Waals surface area contributed by atoms with Crippen LogP contribution in [0.15, 0.2) is 60.7 Å². The molecule has 1 aliphatic rings. The zero-order valence-electron chi connectivity index (χ0n) is 22.2. The van der Waals surface area contributed by atoms with E-state index in [-0.39, 0.29) is 24.9 Å². The minimum Gasteiger partial charge on any atom is -0.445 e. The fraction of sp³-hybridized carbons (Fsp3) is 0.483. The molecule has 3 amide bonds. The topological polar surface area (TPSA) is 115 Å². The van der Waals surface area contributed by atoms with Crippen molar-refractivity contribution in [3.63, 3.8) is 0 Å². The van der Waals surface area contributed by atoms with Crippen molar-refractivity contribution in [2.45, 2.75) is 77.0 Å². The largest absolute Gasteiger partial charge is 0.445 e. The van der Waals surface area contributed by atoms with Gasteiger partial charge in [-0.3, -0.25) is 9.59 Å². The van der Waals surface area contributed by atoms with Crippen molar-refractivity contribution in [2.75, 3.05) is 13.2 Å². The highest BCUT2D eigenvalue weighted by Crippen LogP contribution is 2.17. The standard InChI is InChI=1S/C29H39N3O6/c1-21(31-28(34)22(2)32-29(35)37-20-24-13-7-4-8-14-24)27(33)30-19-25(38-26-15-9-10-18-36-26)17-16-23-11-5-3-6-12-23/h3-8,11-14,21-22,25-26H,9-10,15-20H2,1-2H3,(H,30,33)(H,31,34)(H,32,35)/t21-,22-,25?,26?/m0/s1. The van der Waals surface area contributed by atoms with Crippen molar-refractivity contribution in [2.24, 2.45) is 0 Å². The van der Waals surface area contributed by atoms with Gasteiger partial charge in [0.05, 0.1) is 6.10 Å². The van der Waals surface area contributed by atoms with Crippen LogP contribution in [0.25, 0.3) is 0 Å². The lowest BCUT2D eigenvalue weighted by Gasteiger charge is -2.28. The number of alkyl carbamates (subject to hydrolysis) is 1. The van der Waals surface area contributed by atoms with Crippen LogP contribution in [0.2, 0.25) is 0 Å². The van der Waals surface area contributed by atoms with Crippen LogP contribution in [0.5, 0.6) is 0 Å². The molecule has 38 heavy (non-hydrogen) atoms. The second-order valence-electron chi connectivity index (χ2n) is 9.48. The predicted octanol–water partition coefficient (Wildman–Crippen LogP) is 3.47. The quantitative estimate of drug-likeness (QED) is 0.369. The van der Waals surface area contributed by atoms with Crippen LogP contribution in [0.4, 0.5) is 4.79 Å². The Morgan fingerprint density at radius 3 is 2.21 bits per heavy atom. The Morgan fingerprint density at radius 1 is 0.895 bits per heavy atom. The van der Waals surface area contributed by atoms with E-state index >= 15 is 0 Å². The summed E-state index contributed by atoms with van der Waals surface area (Å²) >= 11 is 0. The molecule has 2 aromatic carbocycles. The molecule has 2 unspecified atom stereocenters. The first-order valence-electron chi connectivity index (χ1n) is 13.3. The molecule has 3 N–H and O–H groups in total.